The first-order valence-corrected chi connectivity index (χ1v) is 8.63. The Labute approximate surface area is 161 Å². The van der Waals surface area contributed by atoms with Gasteiger partial charge in [-0.05, 0) is 49.4 Å². The number of pyridine rings is 1. The van der Waals surface area contributed by atoms with Crippen molar-refractivity contribution in [3.63, 3.8) is 0 Å². The zero-order chi connectivity index (χ0) is 19.9. The Morgan fingerprint density at radius 2 is 1.86 bits per heavy atom. The van der Waals surface area contributed by atoms with Gasteiger partial charge in [0.25, 0.3) is 5.91 Å². The SMILES string of the molecule is CCOC(=O)c1ccccc1Nc1ccnc(C(=O)Nc2cccc(F)c2)c1. The highest BCUT2D eigenvalue weighted by Gasteiger charge is 2.13. The van der Waals surface area contributed by atoms with Crippen molar-refractivity contribution >= 4 is 28.9 Å². The molecular weight excluding hydrogens is 361 g/mol. The van der Waals surface area contributed by atoms with Crippen LogP contribution in [0.5, 0.6) is 0 Å². The number of halogens is 1. The van der Waals surface area contributed by atoms with Crippen LogP contribution in [-0.4, -0.2) is 23.5 Å². The normalized spacial score (nSPS) is 10.2. The second kappa shape index (κ2) is 8.77. The summed E-state index contributed by atoms with van der Waals surface area (Å²) < 4.78 is 18.3. The molecule has 2 aromatic carbocycles. The Morgan fingerprint density at radius 1 is 1.04 bits per heavy atom. The predicted molar refractivity (Wildman–Crippen MR) is 104 cm³/mol. The van der Waals surface area contributed by atoms with Crippen molar-refractivity contribution < 1.29 is 18.7 Å². The van der Waals surface area contributed by atoms with Crippen molar-refractivity contribution in [3.8, 4) is 0 Å². The number of esters is 1. The van der Waals surface area contributed by atoms with E-state index in [4.69, 9.17) is 4.74 Å². The van der Waals surface area contributed by atoms with E-state index in [0.717, 1.165) is 0 Å². The molecule has 2 N–H and O–H groups in total. The third kappa shape index (κ3) is 4.70. The Kier molecular flexibility index (Phi) is 5.96. The lowest BCUT2D eigenvalue weighted by atomic mass is 10.1. The van der Waals surface area contributed by atoms with Crippen LogP contribution in [0.15, 0.2) is 66.9 Å². The smallest absolute Gasteiger partial charge is 0.340 e. The summed E-state index contributed by atoms with van der Waals surface area (Å²) in [6.07, 6.45) is 1.47. The lowest BCUT2D eigenvalue weighted by Gasteiger charge is -2.12. The number of nitrogens with zero attached hydrogens (tertiary/aromatic N) is 1. The van der Waals surface area contributed by atoms with Crippen LogP contribution in [0.25, 0.3) is 0 Å². The van der Waals surface area contributed by atoms with Gasteiger partial charge in [0.1, 0.15) is 11.5 Å². The van der Waals surface area contributed by atoms with Crippen LogP contribution >= 0.6 is 0 Å². The number of ether oxygens (including phenoxy) is 1. The van der Waals surface area contributed by atoms with E-state index in [2.05, 4.69) is 15.6 Å². The van der Waals surface area contributed by atoms with Crippen LogP contribution < -0.4 is 10.6 Å². The monoisotopic (exact) mass is 379 g/mol. The third-order valence-corrected chi connectivity index (χ3v) is 3.78. The highest BCUT2D eigenvalue weighted by Crippen LogP contribution is 2.22. The zero-order valence-corrected chi connectivity index (χ0v) is 15.1. The number of carbonyl (C=O) groups is 2. The van der Waals surface area contributed by atoms with Crippen LogP contribution in [0.3, 0.4) is 0 Å². The van der Waals surface area contributed by atoms with Crippen LogP contribution in [0, 0.1) is 5.82 Å². The van der Waals surface area contributed by atoms with Crippen molar-refractivity contribution in [2.24, 2.45) is 0 Å². The van der Waals surface area contributed by atoms with Crippen molar-refractivity contribution in [2.75, 3.05) is 17.2 Å². The fraction of sp³-hybridized carbons (Fsp3) is 0.0952. The predicted octanol–water partition coefficient (Wildman–Crippen LogP) is 4.39. The lowest BCUT2D eigenvalue weighted by Crippen LogP contribution is -2.14. The summed E-state index contributed by atoms with van der Waals surface area (Å²) >= 11 is 0. The van der Waals surface area contributed by atoms with Gasteiger partial charge in [0, 0.05) is 17.6 Å². The minimum Gasteiger partial charge on any atom is -0.462 e. The highest BCUT2D eigenvalue weighted by atomic mass is 19.1. The number of amides is 1. The molecule has 0 fully saturated rings. The average molecular weight is 379 g/mol. The number of carbonyl (C=O) groups excluding carboxylic acids is 2. The largest absolute Gasteiger partial charge is 0.462 e. The third-order valence-electron chi connectivity index (χ3n) is 3.78. The van der Waals surface area contributed by atoms with E-state index in [1.165, 1.54) is 30.5 Å². The molecule has 0 atom stereocenters. The maximum absolute atomic E-state index is 13.3. The molecule has 1 heterocycles. The van der Waals surface area contributed by atoms with Crippen molar-refractivity contribution in [3.05, 3.63) is 83.9 Å². The number of nitrogens with one attached hydrogen (secondary N) is 2. The molecule has 0 aliphatic heterocycles. The Bertz CT molecular complexity index is 1010. The van der Waals surface area contributed by atoms with Crippen molar-refractivity contribution in [1.82, 2.24) is 4.98 Å². The Balaban J connectivity index is 1.79. The summed E-state index contributed by atoms with van der Waals surface area (Å²) in [5, 5.41) is 5.69. The summed E-state index contributed by atoms with van der Waals surface area (Å²) in [5.41, 5.74) is 1.97. The number of rotatable bonds is 6. The minimum atomic E-state index is -0.479. The molecule has 0 radical (unpaired) electrons. The van der Waals surface area contributed by atoms with Gasteiger partial charge in [-0.25, -0.2) is 9.18 Å². The topological polar surface area (TPSA) is 80.3 Å². The van der Waals surface area contributed by atoms with Crippen molar-refractivity contribution in [1.29, 1.82) is 0 Å². The molecule has 0 aliphatic rings. The highest BCUT2D eigenvalue weighted by molar-refractivity contribution is 6.03. The van der Waals surface area contributed by atoms with E-state index < -0.39 is 17.7 Å². The lowest BCUT2D eigenvalue weighted by molar-refractivity contribution is 0.0527. The first kappa shape index (κ1) is 19.0. The molecule has 0 saturated carbocycles. The molecule has 6 nitrogen and oxygen atoms in total. The van der Waals surface area contributed by atoms with Gasteiger partial charge in [-0.2, -0.15) is 0 Å². The van der Waals surface area contributed by atoms with Gasteiger partial charge in [0.05, 0.1) is 17.9 Å². The second-order valence-electron chi connectivity index (χ2n) is 5.79. The second-order valence-corrected chi connectivity index (χ2v) is 5.79. The number of aromatic nitrogens is 1. The maximum atomic E-state index is 13.3. The molecule has 7 heteroatoms. The Hall–Kier alpha value is -3.74. The van der Waals surface area contributed by atoms with Gasteiger partial charge in [-0.15, -0.1) is 0 Å². The van der Waals surface area contributed by atoms with E-state index in [9.17, 15) is 14.0 Å². The maximum Gasteiger partial charge on any atom is 0.340 e. The first-order valence-electron chi connectivity index (χ1n) is 8.63. The molecule has 1 aromatic heterocycles. The van der Waals surface area contributed by atoms with Crippen LogP contribution in [0.4, 0.5) is 21.5 Å². The van der Waals surface area contributed by atoms with Crippen LogP contribution in [-0.2, 0) is 4.74 Å². The van der Waals surface area contributed by atoms with E-state index in [1.807, 2.05) is 0 Å². The molecular formula is C21H18FN3O3. The van der Waals surface area contributed by atoms with Gasteiger partial charge < -0.3 is 15.4 Å². The molecule has 142 valence electrons. The summed E-state index contributed by atoms with van der Waals surface area (Å²) in [6, 6.07) is 15.7. The van der Waals surface area contributed by atoms with E-state index >= 15 is 0 Å². The van der Waals surface area contributed by atoms with Gasteiger partial charge in [-0.3, -0.25) is 9.78 Å². The summed E-state index contributed by atoms with van der Waals surface area (Å²) in [5.74, 6) is -1.37. The number of para-hydroxylation sites is 1. The number of benzene rings is 2. The Morgan fingerprint density at radius 3 is 2.64 bits per heavy atom. The number of hydrogen-bond donors (Lipinski definition) is 2. The van der Waals surface area contributed by atoms with Gasteiger partial charge in [0.2, 0.25) is 0 Å². The quantitative estimate of drug-likeness (QED) is 0.621. The molecule has 1 amide bonds. The van der Waals surface area contributed by atoms with Gasteiger partial charge in [0.15, 0.2) is 0 Å². The van der Waals surface area contributed by atoms with E-state index in [-0.39, 0.29) is 12.3 Å². The first-order chi connectivity index (χ1) is 13.6. The van der Waals surface area contributed by atoms with E-state index in [0.29, 0.717) is 22.6 Å². The molecule has 0 saturated heterocycles. The standard InChI is InChI=1S/C21H18FN3O3/c1-2-28-21(27)17-8-3-4-9-18(17)24-16-10-11-23-19(13-16)20(26)25-15-7-5-6-14(22)12-15/h3-13H,2H2,1H3,(H,23,24)(H,25,26). The summed E-state index contributed by atoms with van der Waals surface area (Å²) in [6.45, 7) is 2.01. The molecule has 0 spiro atoms. The van der Waals surface area contributed by atoms with Crippen LogP contribution in [0.1, 0.15) is 27.8 Å². The van der Waals surface area contributed by atoms with Crippen LogP contribution in [0.2, 0.25) is 0 Å². The van der Waals surface area contributed by atoms with E-state index in [1.54, 1.807) is 43.3 Å². The molecule has 3 aromatic rings. The molecule has 0 aliphatic carbocycles. The van der Waals surface area contributed by atoms with Gasteiger partial charge >= 0.3 is 5.97 Å². The molecule has 28 heavy (non-hydrogen) atoms. The fourth-order valence-electron chi connectivity index (χ4n) is 2.53. The summed E-state index contributed by atoms with van der Waals surface area (Å²) in [4.78, 5) is 28.5. The minimum absolute atomic E-state index is 0.142. The van der Waals surface area contributed by atoms with Crippen molar-refractivity contribution in [2.45, 2.75) is 6.92 Å². The number of hydrogen-bond acceptors (Lipinski definition) is 5. The van der Waals surface area contributed by atoms with Gasteiger partial charge in [-0.1, -0.05) is 18.2 Å². The molecule has 0 bridgehead atoms. The fourth-order valence-corrected chi connectivity index (χ4v) is 2.53. The molecule has 3 rings (SSSR count). The average Bonchev–Trinajstić information content (AvgIpc) is 2.69. The number of anilines is 3. The zero-order valence-electron chi connectivity index (χ0n) is 15.1. The molecule has 0 unspecified atom stereocenters. The summed E-state index contributed by atoms with van der Waals surface area (Å²) in [7, 11) is 0.